The molecule has 28 heavy (non-hydrogen) atoms. The molecule has 0 saturated heterocycles. The fraction of sp³-hybridized carbons (Fsp3) is 0.250. The molecular formula is C20H21N3O5. The van der Waals surface area contributed by atoms with Crippen molar-refractivity contribution in [3.8, 4) is 11.5 Å². The van der Waals surface area contributed by atoms with Gasteiger partial charge in [-0.2, -0.15) is 0 Å². The molecule has 0 bridgehead atoms. The molecule has 8 nitrogen and oxygen atoms in total. The lowest BCUT2D eigenvalue weighted by Gasteiger charge is -2.15. The number of methoxy groups -OCH3 is 2. The van der Waals surface area contributed by atoms with Crippen LogP contribution in [0.25, 0.3) is 0 Å². The van der Waals surface area contributed by atoms with Gasteiger partial charge in [-0.25, -0.2) is 0 Å². The Hall–Kier alpha value is -3.55. The normalized spacial score (nSPS) is 15.6. The van der Waals surface area contributed by atoms with E-state index in [-0.39, 0.29) is 18.9 Å². The fourth-order valence-corrected chi connectivity index (χ4v) is 2.90. The van der Waals surface area contributed by atoms with Crippen molar-refractivity contribution in [3.05, 3.63) is 53.6 Å². The van der Waals surface area contributed by atoms with Crippen LogP contribution in [0.4, 0.5) is 5.69 Å². The lowest BCUT2D eigenvalue weighted by atomic mass is 10.1. The van der Waals surface area contributed by atoms with Crippen LogP contribution < -0.4 is 25.4 Å². The van der Waals surface area contributed by atoms with Crippen molar-refractivity contribution in [2.45, 2.75) is 19.0 Å². The van der Waals surface area contributed by atoms with Gasteiger partial charge in [-0.3, -0.25) is 14.4 Å². The summed E-state index contributed by atoms with van der Waals surface area (Å²) >= 11 is 0. The van der Waals surface area contributed by atoms with Crippen molar-refractivity contribution >= 4 is 23.4 Å². The Kier molecular flexibility index (Phi) is 5.78. The number of hydrogen-bond donors (Lipinski definition) is 3. The minimum absolute atomic E-state index is 0.168. The maximum Gasteiger partial charge on any atom is 0.254 e. The van der Waals surface area contributed by atoms with Gasteiger partial charge >= 0.3 is 0 Å². The van der Waals surface area contributed by atoms with E-state index in [2.05, 4.69) is 16.0 Å². The van der Waals surface area contributed by atoms with Gasteiger partial charge in [0.1, 0.15) is 6.04 Å². The Labute approximate surface area is 162 Å². The Morgan fingerprint density at radius 1 is 1.07 bits per heavy atom. The van der Waals surface area contributed by atoms with Crippen LogP contribution in [-0.4, -0.2) is 38.0 Å². The van der Waals surface area contributed by atoms with Gasteiger partial charge in [0.05, 0.1) is 31.9 Å². The molecule has 2 aromatic carbocycles. The zero-order valence-corrected chi connectivity index (χ0v) is 15.6. The van der Waals surface area contributed by atoms with E-state index in [9.17, 15) is 14.4 Å². The summed E-state index contributed by atoms with van der Waals surface area (Å²) in [4.78, 5) is 36.9. The molecule has 1 aliphatic heterocycles. The Bertz CT molecular complexity index is 912. The average Bonchev–Trinajstić information content (AvgIpc) is 2.82. The van der Waals surface area contributed by atoms with Gasteiger partial charge in [-0.1, -0.05) is 18.2 Å². The molecule has 2 aromatic rings. The lowest BCUT2D eigenvalue weighted by Crippen LogP contribution is -2.44. The van der Waals surface area contributed by atoms with E-state index in [0.29, 0.717) is 22.7 Å². The molecule has 0 spiro atoms. The molecule has 3 rings (SSSR count). The molecular weight excluding hydrogens is 362 g/mol. The molecule has 0 aromatic heterocycles. The maximum atomic E-state index is 12.4. The molecule has 0 fully saturated rings. The molecule has 8 heteroatoms. The van der Waals surface area contributed by atoms with Gasteiger partial charge in [0.15, 0.2) is 11.5 Å². The highest BCUT2D eigenvalue weighted by molar-refractivity contribution is 6.10. The molecule has 0 radical (unpaired) electrons. The number of rotatable bonds is 6. The molecule has 1 unspecified atom stereocenters. The third-order valence-corrected chi connectivity index (χ3v) is 4.38. The fourth-order valence-electron chi connectivity index (χ4n) is 2.90. The third kappa shape index (κ3) is 4.22. The lowest BCUT2D eigenvalue weighted by molar-refractivity contribution is -0.125. The summed E-state index contributed by atoms with van der Waals surface area (Å²) in [6.45, 7) is 0.252. The number of hydrogen-bond acceptors (Lipinski definition) is 5. The number of fused-ring (bicyclic) bond motifs is 1. The summed E-state index contributed by atoms with van der Waals surface area (Å²) in [5.74, 6) is -0.0372. The molecule has 3 N–H and O–H groups in total. The number of para-hydroxylation sites is 1. The monoisotopic (exact) mass is 383 g/mol. The first-order valence-corrected chi connectivity index (χ1v) is 8.70. The standard InChI is InChI=1S/C20H21N3O5/c1-27-16-8-7-12(9-17(16)28-2)11-21-18(24)10-15-20(26)22-14-6-4-3-5-13(14)19(25)23-15/h3-9,15H,10-11H2,1-2H3,(H,21,24)(H,22,26)(H,23,25). The van der Waals surface area contributed by atoms with Crippen LogP contribution in [0.2, 0.25) is 0 Å². The van der Waals surface area contributed by atoms with Crippen molar-refractivity contribution in [2.75, 3.05) is 19.5 Å². The van der Waals surface area contributed by atoms with Crippen molar-refractivity contribution in [1.82, 2.24) is 10.6 Å². The maximum absolute atomic E-state index is 12.4. The first-order valence-electron chi connectivity index (χ1n) is 8.70. The van der Waals surface area contributed by atoms with Crippen molar-refractivity contribution in [3.63, 3.8) is 0 Å². The number of carbonyl (C=O) groups is 3. The summed E-state index contributed by atoms with van der Waals surface area (Å²) in [6.07, 6.45) is -0.168. The van der Waals surface area contributed by atoms with Gasteiger partial charge in [0, 0.05) is 6.54 Å². The predicted molar refractivity (Wildman–Crippen MR) is 102 cm³/mol. The molecule has 0 aliphatic carbocycles. The van der Waals surface area contributed by atoms with Crippen LogP contribution in [0.3, 0.4) is 0 Å². The summed E-state index contributed by atoms with van der Waals surface area (Å²) in [7, 11) is 3.08. The summed E-state index contributed by atoms with van der Waals surface area (Å²) in [5.41, 5.74) is 1.61. The van der Waals surface area contributed by atoms with Crippen molar-refractivity contribution in [2.24, 2.45) is 0 Å². The molecule has 1 heterocycles. The van der Waals surface area contributed by atoms with Crippen LogP contribution in [0.1, 0.15) is 22.3 Å². The Morgan fingerprint density at radius 2 is 1.82 bits per heavy atom. The summed E-state index contributed by atoms with van der Waals surface area (Å²) < 4.78 is 10.4. The molecule has 146 valence electrons. The van der Waals surface area contributed by atoms with E-state index in [1.54, 1.807) is 49.6 Å². The summed E-state index contributed by atoms with van der Waals surface area (Å²) in [5, 5.41) is 8.02. The molecule has 3 amide bonds. The van der Waals surface area contributed by atoms with Gasteiger partial charge in [-0.05, 0) is 29.8 Å². The van der Waals surface area contributed by atoms with Crippen LogP contribution in [0.15, 0.2) is 42.5 Å². The zero-order valence-electron chi connectivity index (χ0n) is 15.6. The zero-order chi connectivity index (χ0) is 20.1. The quantitative estimate of drug-likeness (QED) is 0.700. The van der Waals surface area contributed by atoms with Gasteiger partial charge < -0.3 is 25.4 Å². The first-order chi connectivity index (χ1) is 13.5. The number of benzene rings is 2. The highest BCUT2D eigenvalue weighted by Gasteiger charge is 2.29. The van der Waals surface area contributed by atoms with Gasteiger partial charge in [0.25, 0.3) is 5.91 Å². The Morgan fingerprint density at radius 3 is 2.57 bits per heavy atom. The summed E-state index contributed by atoms with van der Waals surface area (Å²) in [6, 6.07) is 11.1. The highest BCUT2D eigenvalue weighted by Crippen LogP contribution is 2.27. The van der Waals surface area contributed by atoms with Crippen molar-refractivity contribution < 1.29 is 23.9 Å². The van der Waals surface area contributed by atoms with Gasteiger partial charge in [0.2, 0.25) is 11.8 Å². The van der Waals surface area contributed by atoms with E-state index >= 15 is 0 Å². The second-order valence-corrected chi connectivity index (χ2v) is 6.23. The average molecular weight is 383 g/mol. The van der Waals surface area contributed by atoms with E-state index in [4.69, 9.17) is 9.47 Å². The van der Waals surface area contributed by atoms with E-state index < -0.39 is 17.9 Å². The third-order valence-electron chi connectivity index (χ3n) is 4.38. The second kappa shape index (κ2) is 8.43. The molecule has 0 saturated carbocycles. The molecule has 1 atom stereocenters. The predicted octanol–water partition coefficient (Wildman–Crippen LogP) is 1.46. The van der Waals surface area contributed by atoms with Crippen molar-refractivity contribution in [1.29, 1.82) is 0 Å². The number of amides is 3. The molecule has 1 aliphatic rings. The highest BCUT2D eigenvalue weighted by atomic mass is 16.5. The van der Waals surface area contributed by atoms with E-state index in [1.165, 1.54) is 7.11 Å². The van der Waals surface area contributed by atoms with Crippen LogP contribution in [0.5, 0.6) is 11.5 Å². The number of ether oxygens (including phenoxy) is 2. The number of anilines is 1. The SMILES string of the molecule is COc1ccc(CNC(=O)CC2NC(=O)c3ccccc3NC2=O)cc1OC. The topological polar surface area (TPSA) is 106 Å². The van der Waals surface area contributed by atoms with E-state index in [1.807, 2.05) is 0 Å². The number of nitrogens with one attached hydrogen (secondary N) is 3. The number of carbonyl (C=O) groups excluding carboxylic acids is 3. The largest absolute Gasteiger partial charge is 0.493 e. The second-order valence-electron chi connectivity index (χ2n) is 6.23. The Balaban J connectivity index is 1.61. The minimum Gasteiger partial charge on any atom is -0.493 e. The first kappa shape index (κ1) is 19.2. The van der Waals surface area contributed by atoms with Crippen LogP contribution >= 0.6 is 0 Å². The smallest absolute Gasteiger partial charge is 0.254 e. The minimum atomic E-state index is -0.953. The van der Waals surface area contributed by atoms with E-state index in [0.717, 1.165) is 5.56 Å². The van der Waals surface area contributed by atoms with Gasteiger partial charge in [-0.15, -0.1) is 0 Å². The van der Waals surface area contributed by atoms with Crippen LogP contribution in [0, 0.1) is 0 Å². The van der Waals surface area contributed by atoms with Crippen LogP contribution in [-0.2, 0) is 16.1 Å².